The van der Waals surface area contributed by atoms with Crippen molar-refractivity contribution in [2.75, 3.05) is 11.9 Å². The largest absolute Gasteiger partial charge is 0.456 e. The molecular formula is C15H21NO2. The van der Waals surface area contributed by atoms with Crippen molar-refractivity contribution in [1.82, 2.24) is 0 Å². The maximum Gasteiger partial charge on any atom is 0.339 e. The van der Waals surface area contributed by atoms with Gasteiger partial charge in [0.25, 0.3) is 0 Å². The van der Waals surface area contributed by atoms with Crippen LogP contribution >= 0.6 is 0 Å². The van der Waals surface area contributed by atoms with Gasteiger partial charge in [-0.25, -0.2) is 4.79 Å². The lowest BCUT2D eigenvalue weighted by Crippen LogP contribution is -2.25. The van der Waals surface area contributed by atoms with Gasteiger partial charge in [-0.2, -0.15) is 0 Å². The van der Waals surface area contributed by atoms with Crippen molar-refractivity contribution in [3.63, 3.8) is 0 Å². The van der Waals surface area contributed by atoms with Crippen molar-refractivity contribution < 1.29 is 9.53 Å². The number of fused-ring (bicyclic) bond motifs is 1. The van der Waals surface area contributed by atoms with Crippen LogP contribution in [0.4, 0.5) is 5.69 Å². The zero-order valence-corrected chi connectivity index (χ0v) is 11.6. The smallest absolute Gasteiger partial charge is 0.339 e. The Bertz CT molecular complexity index is 472. The van der Waals surface area contributed by atoms with E-state index in [2.05, 4.69) is 12.2 Å². The minimum Gasteiger partial charge on any atom is -0.456 e. The highest BCUT2D eigenvalue weighted by Crippen LogP contribution is 2.30. The Balaban J connectivity index is 2.37. The molecule has 0 radical (unpaired) electrons. The van der Waals surface area contributed by atoms with Crippen molar-refractivity contribution in [3.05, 3.63) is 28.8 Å². The summed E-state index contributed by atoms with van der Waals surface area (Å²) in [6.07, 6.45) is 2.00. The summed E-state index contributed by atoms with van der Waals surface area (Å²) in [4.78, 5) is 12.2. The second kappa shape index (κ2) is 4.63. The fourth-order valence-electron chi connectivity index (χ4n) is 2.27. The molecule has 3 heteroatoms. The average molecular weight is 247 g/mol. The Hall–Kier alpha value is -1.51. The SMILES string of the molecule is Cc1ccc(C(=O)OC(C)(C)C)c2c1NCCC2. The van der Waals surface area contributed by atoms with E-state index in [1.54, 1.807) is 0 Å². The van der Waals surface area contributed by atoms with Crippen molar-refractivity contribution in [2.45, 2.75) is 46.1 Å². The number of carbonyl (C=O) groups is 1. The second-order valence-corrected chi connectivity index (χ2v) is 5.82. The molecule has 0 saturated carbocycles. The summed E-state index contributed by atoms with van der Waals surface area (Å²) >= 11 is 0. The van der Waals surface area contributed by atoms with Crippen LogP contribution in [-0.4, -0.2) is 18.1 Å². The van der Waals surface area contributed by atoms with Gasteiger partial charge in [-0.1, -0.05) is 6.07 Å². The van der Waals surface area contributed by atoms with Gasteiger partial charge in [0, 0.05) is 12.2 Å². The number of anilines is 1. The van der Waals surface area contributed by atoms with Crippen LogP contribution in [0.1, 0.15) is 48.7 Å². The van der Waals surface area contributed by atoms with Crippen LogP contribution in [0.25, 0.3) is 0 Å². The molecule has 1 N–H and O–H groups in total. The molecule has 98 valence electrons. The van der Waals surface area contributed by atoms with Gasteiger partial charge < -0.3 is 10.1 Å². The molecule has 18 heavy (non-hydrogen) atoms. The first kappa shape index (κ1) is 12.9. The van der Waals surface area contributed by atoms with Crippen LogP contribution in [-0.2, 0) is 11.2 Å². The number of benzene rings is 1. The van der Waals surface area contributed by atoms with Crippen molar-refractivity contribution in [2.24, 2.45) is 0 Å². The van der Waals surface area contributed by atoms with E-state index in [1.165, 1.54) is 5.56 Å². The van der Waals surface area contributed by atoms with Gasteiger partial charge in [-0.3, -0.25) is 0 Å². The Morgan fingerprint density at radius 1 is 1.33 bits per heavy atom. The van der Waals surface area contributed by atoms with Crippen LogP contribution in [0.5, 0.6) is 0 Å². The summed E-state index contributed by atoms with van der Waals surface area (Å²) in [6, 6.07) is 3.87. The predicted molar refractivity (Wildman–Crippen MR) is 73.2 cm³/mol. The van der Waals surface area contributed by atoms with E-state index in [0.717, 1.165) is 30.6 Å². The molecule has 0 aliphatic carbocycles. The summed E-state index contributed by atoms with van der Waals surface area (Å²) < 4.78 is 5.46. The van der Waals surface area contributed by atoms with E-state index in [-0.39, 0.29) is 5.97 Å². The van der Waals surface area contributed by atoms with Gasteiger partial charge in [-0.15, -0.1) is 0 Å². The summed E-state index contributed by atoms with van der Waals surface area (Å²) in [6.45, 7) is 8.72. The van der Waals surface area contributed by atoms with E-state index in [1.807, 2.05) is 32.9 Å². The number of nitrogens with one attached hydrogen (secondary N) is 1. The molecule has 0 amide bonds. The fraction of sp³-hybridized carbons (Fsp3) is 0.533. The van der Waals surface area contributed by atoms with Gasteiger partial charge in [0.2, 0.25) is 0 Å². The van der Waals surface area contributed by atoms with E-state index < -0.39 is 5.60 Å². The number of hydrogen-bond donors (Lipinski definition) is 1. The molecule has 0 saturated heterocycles. The third-order valence-electron chi connectivity index (χ3n) is 3.05. The Morgan fingerprint density at radius 2 is 2.06 bits per heavy atom. The van der Waals surface area contributed by atoms with Gasteiger partial charge in [0.15, 0.2) is 0 Å². The number of esters is 1. The normalized spacial score (nSPS) is 14.7. The number of hydrogen-bond acceptors (Lipinski definition) is 3. The quantitative estimate of drug-likeness (QED) is 0.774. The molecule has 0 atom stereocenters. The first-order valence-electron chi connectivity index (χ1n) is 6.48. The molecule has 0 unspecified atom stereocenters. The highest BCUT2D eigenvalue weighted by molar-refractivity contribution is 5.93. The molecule has 0 bridgehead atoms. The maximum atomic E-state index is 12.2. The van der Waals surface area contributed by atoms with E-state index in [0.29, 0.717) is 5.56 Å². The zero-order chi connectivity index (χ0) is 13.3. The van der Waals surface area contributed by atoms with Crippen LogP contribution in [0.15, 0.2) is 12.1 Å². The lowest BCUT2D eigenvalue weighted by Gasteiger charge is -2.25. The minimum absolute atomic E-state index is 0.220. The van der Waals surface area contributed by atoms with Crippen molar-refractivity contribution in [1.29, 1.82) is 0 Å². The van der Waals surface area contributed by atoms with Gasteiger partial charge in [0.1, 0.15) is 5.60 Å². The van der Waals surface area contributed by atoms with Gasteiger partial charge in [-0.05, 0) is 57.7 Å². The Labute approximate surface area is 109 Å². The monoisotopic (exact) mass is 247 g/mol. The highest BCUT2D eigenvalue weighted by atomic mass is 16.6. The first-order valence-corrected chi connectivity index (χ1v) is 6.48. The van der Waals surface area contributed by atoms with Crippen molar-refractivity contribution in [3.8, 4) is 0 Å². The summed E-state index contributed by atoms with van der Waals surface area (Å²) in [7, 11) is 0. The second-order valence-electron chi connectivity index (χ2n) is 5.82. The summed E-state index contributed by atoms with van der Waals surface area (Å²) in [5.74, 6) is -0.220. The number of rotatable bonds is 1. The topological polar surface area (TPSA) is 38.3 Å². The third kappa shape index (κ3) is 2.66. The molecule has 2 rings (SSSR count). The molecular weight excluding hydrogens is 226 g/mol. The zero-order valence-electron chi connectivity index (χ0n) is 11.6. The molecule has 0 spiro atoms. The van der Waals surface area contributed by atoms with Gasteiger partial charge in [0.05, 0.1) is 5.56 Å². The Morgan fingerprint density at radius 3 is 2.72 bits per heavy atom. The predicted octanol–water partition coefficient (Wildman–Crippen LogP) is 3.31. The molecule has 1 aromatic rings. The standard InChI is InChI=1S/C15H21NO2/c1-10-7-8-12(14(17)18-15(2,3)4)11-6-5-9-16-13(10)11/h7-8,16H,5-6,9H2,1-4H3. The van der Waals surface area contributed by atoms with E-state index >= 15 is 0 Å². The lowest BCUT2D eigenvalue weighted by molar-refractivity contribution is 0.00683. The minimum atomic E-state index is -0.447. The van der Waals surface area contributed by atoms with Gasteiger partial charge >= 0.3 is 5.97 Å². The average Bonchev–Trinajstić information content (AvgIpc) is 2.27. The molecule has 3 nitrogen and oxygen atoms in total. The summed E-state index contributed by atoms with van der Waals surface area (Å²) in [5.41, 5.74) is 3.67. The van der Waals surface area contributed by atoms with Crippen molar-refractivity contribution >= 4 is 11.7 Å². The highest BCUT2D eigenvalue weighted by Gasteiger charge is 2.23. The van der Waals surface area contributed by atoms with Crippen LogP contribution in [0.3, 0.4) is 0 Å². The van der Waals surface area contributed by atoms with E-state index in [9.17, 15) is 4.79 Å². The molecule has 1 aliphatic rings. The summed E-state index contributed by atoms with van der Waals surface area (Å²) in [5, 5.41) is 3.38. The number of aryl methyl sites for hydroxylation is 1. The third-order valence-corrected chi connectivity index (χ3v) is 3.05. The molecule has 0 fully saturated rings. The van der Waals surface area contributed by atoms with Crippen LogP contribution < -0.4 is 5.32 Å². The number of carbonyl (C=O) groups excluding carboxylic acids is 1. The van der Waals surface area contributed by atoms with E-state index in [4.69, 9.17) is 4.74 Å². The molecule has 1 aromatic carbocycles. The molecule has 1 heterocycles. The fourth-order valence-corrected chi connectivity index (χ4v) is 2.27. The first-order chi connectivity index (χ1) is 8.38. The van der Waals surface area contributed by atoms with Crippen LogP contribution in [0.2, 0.25) is 0 Å². The Kier molecular flexibility index (Phi) is 3.33. The number of ether oxygens (including phenoxy) is 1. The molecule has 0 aromatic heterocycles. The maximum absolute atomic E-state index is 12.2. The lowest BCUT2D eigenvalue weighted by atomic mass is 9.94. The van der Waals surface area contributed by atoms with Crippen LogP contribution in [0, 0.1) is 6.92 Å². The molecule has 1 aliphatic heterocycles.